The van der Waals surface area contributed by atoms with Crippen molar-refractivity contribution in [1.29, 1.82) is 0 Å². The number of hydrogen-bond acceptors (Lipinski definition) is 4. The zero-order valence-electron chi connectivity index (χ0n) is 10.5. The van der Waals surface area contributed by atoms with E-state index in [0.29, 0.717) is 17.9 Å². The van der Waals surface area contributed by atoms with Gasteiger partial charge in [-0.25, -0.2) is 0 Å². The van der Waals surface area contributed by atoms with E-state index >= 15 is 0 Å². The summed E-state index contributed by atoms with van der Waals surface area (Å²) >= 11 is 5.71. The van der Waals surface area contributed by atoms with Gasteiger partial charge in [-0.15, -0.1) is 11.6 Å². The van der Waals surface area contributed by atoms with Gasteiger partial charge in [-0.3, -0.25) is 4.90 Å². The molecule has 17 heavy (non-hydrogen) atoms. The molecule has 0 radical (unpaired) electrons. The van der Waals surface area contributed by atoms with Crippen LogP contribution in [0.3, 0.4) is 0 Å². The molecule has 1 unspecified atom stereocenters. The molecular formula is C12H20ClN3O. The van der Waals surface area contributed by atoms with Gasteiger partial charge in [-0.05, 0) is 25.9 Å². The lowest BCUT2D eigenvalue weighted by Crippen LogP contribution is -2.38. The Hall–Kier alpha value is -0.740. The first-order valence-electron chi connectivity index (χ1n) is 6.20. The Kier molecular flexibility index (Phi) is 4.29. The van der Waals surface area contributed by atoms with Gasteiger partial charge < -0.3 is 9.32 Å². The molecule has 0 aliphatic carbocycles. The fourth-order valence-corrected chi connectivity index (χ4v) is 2.57. The molecule has 0 saturated carbocycles. The predicted octanol–water partition coefficient (Wildman–Crippen LogP) is 2.33. The Morgan fingerprint density at radius 2 is 2.47 bits per heavy atom. The van der Waals surface area contributed by atoms with E-state index in [-0.39, 0.29) is 0 Å². The van der Waals surface area contributed by atoms with Crippen LogP contribution in [0.5, 0.6) is 0 Å². The molecular weight excluding hydrogens is 238 g/mol. The summed E-state index contributed by atoms with van der Waals surface area (Å²) in [6.07, 6.45) is 4.19. The molecule has 0 N–H and O–H groups in total. The lowest BCUT2D eigenvalue weighted by atomic mass is 10.2. The zero-order valence-corrected chi connectivity index (χ0v) is 11.3. The fourth-order valence-electron chi connectivity index (χ4n) is 2.45. The third-order valence-corrected chi connectivity index (χ3v) is 3.67. The van der Waals surface area contributed by atoms with Gasteiger partial charge in [0.25, 0.3) is 6.01 Å². The average Bonchev–Trinajstić information content (AvgIpc) is 2.96. The van der Waals surface area contributed by atoms with Gasteiger partial charge in [0.2, 0.25) is 0 Å². The van der Waals surface area contributed by atoms with Crippen LogP contribution < -0.4 is 4.90 Å². The number of likely N-dealkylation sites (tertiary alicyclic amines) is 1. The zero-order chi connectivity index (χ0) is 12.3. The number of anilines is 1. The van der Waals surface area contributed by atoms with Crippen molar-refractivity contribution in [2.45, 2.75) is 31.7 Å². The molecule has 1 aliphatic heterocycles. The molecule has 1 aromatic heterocycles. The van der Waals surface area contributed by atoms with Crippen LogP contribution in [0.15, 0.2) is 10.7 Å². The Balaban J connectivity index is 1.94. The second-order valence-electron chi connectivity index (χ2n) is 4.56. The third kappa shape index (κ3) is 2.93. The summed E-state index contributed by atoms with van der Waals surface area (Å²) < 4.78 is 5.41. The van der Waals surface area contributed by atoms with E-state index in [1.165, 1.54) is 19.4 Å². The maximum atomic E-state index is 5.71. The standard InChI is InChI=1S/C12H20ClN3O/c1-3-16-6-4-5-11(16)8-15(2)12-14-10(7-13)9-17-12/h9,11H,3-8H2,1-2H3. The SMILES string of the molecule is CCN1CCCC1CN(C)c1nc(CCl)co1. The minimum atomic E-state index is 0.405. The molecule has 0 bridgehead atoms. The lowest BCUT2D eigenvalue weighted by molar-refractivity contribution is 0.268. The van der Waals surface area contributed by atoms with E-state index in [4.69, 9.17) is 16.0 Å². The second-order valence-corrected chi connectivity index (χ2v) is 4.83. The van der Waals surface area contributed by atoms with Crippen molar-refractivity contribution < 1.29 is 4.42 Å². The van der Waals surface area contributed by atoms with Crippen LogP contribution in [0.1, 0.15) is 25.5 Å². The third-order valence-electron chi connectivity index (χ3n) is 3.39. The van der Waals surface area contributed by atoms with Crippen LogP contribution in [-0.2, 0) is 5.88 Å². The molecule has 0 aromatic carbocycles. The number of hydrogen-bond donors (Lipinski definition) is 0. The maximum absolute atomic E-state index is 5.71. The highest BCUT2D eigenvalue weighted by Crippen LogP contribution is 2.20. The van der Waals surface area contributed by atoms with Gasteiger partial charge in [0, 0.05) is 19.6 Å². The molecule has 1 fully saturated rings. The van der Waals surface area contributed by atoms with Crippen LogP contribution in [-0.4, -0.2) is 42.6 Å². The molecule has 4 nitrogen and oxygen atoms in total. The molecule has 2 heterocycles. The Labute approximate surface area is 108 Å². The van der Waals surface area contributed by atoms with E-state index in [9.17, 15) is 0 Å². The Morgan fingerprint density at radius 1 is 1.65 bits per heavy atom. The van der Waals surface area contributed by atoms with Crippen molar-refractivity contribution in [2.75, 3.05) is 31.6 Å². The maximum Gasteiger partial charge on any atom is 0.297 e. The first-order chi connectivity index (χ1) is 8.24. The summed E-state index contributed by atoms with van der Waals surface area (Å²) in [6, 6.07) is 1.29. The van der Waals surface area contributed by atoms with E-state index < -0.39 is 0 Å². The first-order valence-corrected chi connectivity index (χ1v) is 6.73. The van der Waals surface area contributed by atoms with E-state index in [1.807, 2.05) is 7.05 Å². The lowest BCUT2D eigenvalue weighted by Gasteiger charge is -2.26. The number of alkyl halides is 1. The molecule has 1 atom stereocenters. The van der Waals surface area contributed by atoms with E-state index in [1.54, 1.807) is 6.26 Å². The number of aromatic nitrogens is 1. The summed E-state index contributed by atoms with van der Waals surface area (Å²) in [6.45, 7) is 5.52. The second kappa shape index (κ2) is 5.74. The smallest absolute Gasteiger partial charge is 0.297 e. The highest BCUT2D eigenvalue weighted by Gasteiger charge is 2.25. The summed E-state index contributed by atoms with van der Waals surface area (Å²) in [5.74, 6) is 0.405. The number of rotatable bonds is 5. The predicted molar refractivity (Wildman–Crippen MR) is 69.6 cm³/mol. The van der Waals surface area contributed by atoms with Gasteiger partial charge in [-0.2, -0.15) is 4.98 Å². The van der Waals surface area contributed by atoms with Crippen LogP contribution in [0, 0.1) is 0 Å². The average molecular weight is 258 g/mol. The van der Waals surface area contributed by atoms with Crippen molar-refractivity contribution in [3.05, 3.63) is 12.0 Å². The molecule has 96 valence electrons. The summed E-state index contributed by atoms with van der Waals surface area (Å²) in [4.78, 5) is 8.92. The normalized spacial score (nSPS) is 21.0. The Bertz CT molecular complexity index is 355. The van der Waals surface area contributed by atoms with E-state index in [0.717, 1.165) is 18.8 Å². The molecule has 2 rings (SSSR count). The number of likely N-dealkylation sites (N-methyl/N-ethyl adjacent to an activating group) is 2. The van der Waals surface area contributed by atoms with Crippen molar-refractivity contribution in [3.8, 4) is 0 Å². The molecule has 5 heteroatoms. The molecule has 1 aromatic rings. The van der Waals surface area contributed by atoms with Gasteiger partial charge in [0.15, 0.2) is 0 Å². The van der Waals surface area contributed by atoms with Crippen LogP contribution in [0.4, 0.5) is 6.01 Å². The topological polar surface area (TPSA) is 32.5 Å². The number of nitrogens with zero attached hydrogens (tertiary/aromatic N) is 3. The summed E-state index contributed by atoms with van der Waals surface area (Å²) in [5, 5.41) is 0. The minimum Gasteiger partial charge on any atom is -0.432 e. The summed E-state index contributed by atoms with van der Waals surface area (Å²) in [7, 11) is 2.02. The Morgan fingerprint density at radius 3 is 3.12 bits per heavy atom. The van der Waals surface area contributed by atoms with Crippen LogP contribution in [0.2, 0.25) is 0 Å². The van der Waals surface area contributed by atoms with Crippen LogP contribution in [0.25, 0.3) is 0 Å². The first kappa shape index (κ1) is 12.7. The highest BCUT2D eigenvalue weighted by atomic mass is 35.5. The van der Waals surface area contributed by atoms with Crippen molar-refractivity contribution in [3.63, 3.8) is 0 Å². The minimum absolute atomic E-state index is 0.405. The summed E-state index contributed by atoms with van der Waals surface area (Å²) in [5.41, 5.74) is 0.798. The van der Waals surface area contributed by atoms with Gasteiger partial charge in [-0.1, -0.05) is 6.92 Å². The molecule has 1 aliphatic rings. The highest BCUT2D eigenvalue weighted by molar-refractivity contribution is 6.16. The van der Waals surface area contributed by atoms with Crippen LogP contribution >= 0.6 is 11.6 Å². The molecule has 0 spiro atoms. The van der Waals surface area contributed by atoms with Crippen molar-refractivity contribution in [1.82, 2.24) is 9.88 Å². The van der Waals surface area contributed by atoms with Crippen molar-refractivity contribution in [2.24, 2.45) is 0 Å². The number of oxazole rings is 1. The fraction of sp³-hybridized carbons (Fsp3) is 0.750. The number of halogens is 1. The van der Waals surface area contributed by atoms with Crippen molar-refractivity contribution >= 4 is 17.6 Å². The monoisotopic (exact) mass is 257 g/mol. The quantitative estimate of drug-likeness (QED) is 0.758. The largest absolute Gasteiger partial charge is 0.432 e. The van der Waals surface area contributed by atoms with Gasteiger partial charge >= 0.3 is 0 Å². The van der Waals surface area contributed by atoms with E-state index in [2.05, 4.69) is 21.7 Å². The molecule has 1 saturated heterocycles. The molecule has 0 amide bonds. The van der Waals surface area contributed by atoms with Gasteiger partial charge in [0.1, 0.15) is 6.26 Å². The van der Waals surface area contributed by atoms with Gasteiger partial charge in [0.05, 0.1) is 11.6 Å².